The van der Waals surface area contributed by atoms with Gasteiger partial charge in [0.1, 0.15) is 11.8 Å². The fourth-order valence-electron chi connectivity index (χ4n) is 4.32. The third kappa shape index (κ3) is 5.50. The van der Waals surface area contributed by atoms with E-state index in [1.165, 1.54) is 34.9 Å². The van der Waals surface area contributed by atoms with Gasteiger partial charge in [-0.3, -0.25) is 9.69 Å². The van der Waals surface area contributed by atoms with Crippen LogP contribution in [-0.4, -0.2) is 75.4 Å². The van der Waals surface area contributed by atoms with Crippen molar-refractivity contribution in [3.8, 4) is 5.75 Å². The molecule has 0 radical (unpaired) electrons. The first-order valence-electron chi connectivity index (χ1n) is 11.7. The highest BCUT2D eigenvalue weighted by molar-refractivity contribution is 7.89. The second kappa shape index (κ2) is 10.6. The lowest BCUT2D eigenvalue weighted by Crippen LogP contribution is -2.48. The number of nitrogens with zero attached hydrogens (tertiary/aromatic N) is 4. The van der Waals surface area contributed by atoms with Crippen molar-refractivity contribution >= 4 is 42.6 Å². The minimum absolute atomic E-state index is 0.160. The molecule has 0 spiro atoms. The highest BCUT2D eigenvalue weighted by Crippen LogP contribution is 2.33. The summed E-state index contributed by atoms with van der Waals surface area (Å²) in [4.78, 5) is 22.6. The van der Waals surface area contributed by atoms with Gasteiger partial charge in [0.15, 0.2) is 5.13 Å². The van der Waals surface area contributed by atoms with Crippen LogP contribution in [0.3, 0.4) is 0 Å². The van der Waals surface area contributed by atoms with E-state index >= 15 is 0 Å². The summed E-state index contributed by atoms with van der Waals surface area (Å²) in [6, 6.07) is 11.6. The third-order valence-corrected chi connectivity index (χ3v) is 9.13. The van der Waals surface area contributed by atoms with E-state index in [1.807, 2.05) is 33.2 Å². The fraction of sp³-hybridized carbons (Fsp3) is 0.440. The van der Waals surface area contributed by atoms with E-state index in [9.17, 15) is 13.2 Å². The maximum Gasteiger partial charge on any atom is 0.247 e. The van der Waals surface area contributed by atoms with Gasteiger partial charge in [-0.05, 0) is 88.8 Å². The summed E-state index contributed by atoms with van der Waals surface area (Å²) in [7, 11) is 1.69. The Morgan fingerprint density at radius 3 is 2.60 bits per heavy atom. The van der Waals surface area contributed by atoms with Gasteiger partial charge in [-0.1, -0.05) is 17.4 Å². The number of aryl methyl sites for hydroxylation is 1. The van der Waals surface area contributed by atoms with Crippen LogP contribution in [0.5, 0.6) is 5.75 Å². The summed E-state index contributed by atoms with van der Waals surface area (Å²) >= 11 is 1.47. The molecule has 188 valence electrons. The van der Waals surface area contributed by atoms with Crippen molar-refractivity contribution in [2.75, 3.05) is 45.7 Å². The smallest absolute Gasteiger partial charge is 0.247 e. The second-order valence-electron chi connectivity index (χ2n) is 9.06. The van der Waals surface area contributed by atoms with Gasteiger partial charge < -0.3 is 9.64 Å². The number of benzene rings is 2. The number of methoxy groups -OCH3 is 1. The molecule has 35 heavy (non-hydrogen) atoms. The van der Waals surface area contributed by atoms with Crippen LogP contribution in [0.25, 0.3) is 10.2 Å². The van der Waals surface area contributed by atoms with Crippen LogP contribution in [0.4, 0.5) is 5.13 Å². The first kappa shape index (κ1) is 25.6. The fourth-order valence-corrected chi connectivity index (χ4v) is 7.06. The van der Waals surface area contributed by atoms with E-state index in [-0.39, 0.29) is 10.8 Å². The molecule has 0 bridgehead atoms. The molecule has 1 atom stereocenters. The molecule has 2 heterocycles. The number of hydrogen-bond donors (Lipinski definition) is 0. The molecule has 1 fully saturated rings. The molecule has 8 nitrogen and oxygen atoms in total. The van der Waals surface area contributed by atoms with E-state index in [4.69, 9.17) is 9.72 Å². The number of aromatic nitrogens is 1. The first-order chi connectivity index (χ1) is 16.7. The Kier molecular flexibility index (Phi) is 7.75. The van der Waals surface area contributed by atoms with Gasteiger partial charge in [-0.25, -0.2) is 13.4 Å². The standard InChI is InChI=1S/C25H32N4O4S2/c1-18-8-13-21-23(17-18)34-25(26-21)28(15-6-14-27(2)3)24(30)22-7-5-16-29(22)35(31,32)20-11-9-19(33-4)10-12-20/h8-13,17,22H,5-7,14-16H2,1-4H3. The monoisotopic (exact) mass is 516 g/mol. The molecular weight excluding hydrogens is 484 g/mol. The largest absolute Gasteiger partial charge is 0.497 e. The van der Waals surface area contributed by atoms with Crippen molar-refractivity contribution < 1.29 is 17.9 Å². The minimum atomic E-state index is -3.83. The molecule has 2 aromatic carbocycles. The summed E-state index contributed by atoms with van der Waals surface area (Å²) in [5.74, 6) is 0.366. The van der Waals surface area contributed by atoms with E-state index in [0.717, 1.165) is 28.7 Å². The molecular formula is C25H32N4O4S2. The number of rotatable bonds is 9. The Bertz CT molecular complexity index is 1290. The number of anilines is 1. The Labute approximate surface area is 211 Å². The lowest BCUT2D eigenvalue weighted by atomic mass is 10.2. The van der Waals surface area contributed by atoms with Crippen LogP contribution >= 0.6 is 11.3 Å². The highest BCUT2D eigenvalue weighted by atomic mass is 32.2. The molecule has 0 aliphatic carbocycles. The van der Waals surface area contributed by atoms with Crippen LogP contribution in [-0.2, 0) is 14.8 Å². The maximum absolute atomic E-state index is 13.9. The number of amides is 1. The SMILES string of the molecule is COc1ccc(S(=O)(=O)N2CCCC2C(=O)N(CCCN(C)C)c2nc3ccc(C)cc3s2)cc1. The van der Waals surface area contributed by atoms with E-state index in [0.29, 0.717) is 36.8 Å². The molecule has 3 aromatic rings. The third-order valence-electron chi connectivity index (χ3n) is 6.17. The van der Waals surface area contributed by atoms with Crippen LogP contribution < -0.4 is 9.64 Å². The van der Waals surface area contributed by atoms with Crippen molar-refractivity contribution in [2.45, 2.75) is 37.1 Å². The number of ether oxygens (including phenoxy) is 1. The molecule has 1 unspecified atom stereocenters. The van der Waals surface area contributed by atoms with Crippen molar-refractivity contribution in [1.82, 2.24) is 14.2 Å². The van der Waals surface area contributed by atoms with Crippen LogP contribution in [0.2, 0.25) is 0 Å². The summed E-state index contributed by atoms with van der Waals surface area (Å²) < 4.78 is 34.5. The number of carbonyl (C=O) groups is 1. The molecule has 1 saturated heterocycles. The van der Waals surface area contributed by atoms with Crippen LogP contribution in [0.15, 0.2) is 47.4 Å². The second-order valence-corrected chi connectivity index (χ2v) is 12.0. The molecule has 0 saturated carbocycles. The molecule has 4 rings (SSSR count). The van der Waals surface area contributed by atoms with Crippen molar-refractivity contribution in [1.29, 1.82) is 0 Å². The Morgan fingerprint density at radius 1 is 1.17 bits per heavy atom. The van der Waals surface area contributed by atoms with Gasteiger partial charge in [0.25, 0.3) is 0 Å². The maximum atomic E-state index is 13.9. The van der Waals surface area contributed by atoms with Gasteiger partial charge in [0.05, 0.1) is 22.2 Å². The molecule has 1 aliphatic heterocycles. The topological polar surface area (TPSA) is 83.0 Å². The molecule has 1 aliphatic rings. The van der Waals surface area contributed by atoms with E-state index in [2.05, 4.69) is 11.0 Å². The van der Waals surface area contributed by atoms with Crippen LogP contribution in [0, 0.1) is 6.92 Å². The van der Waals surface area contributed by atoms with Gasteiger partial charge in [-0.2, -0.15) is 4.31 Å². The lowest BCUT2D eigenvalue weighted by molar-refractivity contribution is -0.121. The molecule has 10 heteroatoms. The summed E-state index contributed by atoms with van der Waals surface area (Å²) in [5.41, 5.74) is 1.97. The Hall–Kier alpha value is -2.53. The Morgan fingerprint density at radius 2 is 1.91 bits per heavy atom. The average Bonchev–Trinajstić information content (AvgIpc) is 3.49. The highest BCUT2D eigenvalue weighted by Gasteiger charge is 2.42. The summed E-state index contributed by atoms with van der Waals surface area (Å²) in [6.07, 6.45) is 1.88. The predicted octanol–water partition coefficient (Wildman–Crippen LogP) is 3.75. The predicted molar refractivity (Wildman–Crippen MR) is 140 cm³/mol. The van der Waals surface area contributed by atoms with Gasteiger partial charge in [0.2, 0.25) is 15.9 Å². The van der Waals surface area contributed by atoms with Crippen molar-refractivity contribution in [2.24, 2.45) is 0 Å². The van der Waals surface area contributed by atoms with Crippen molar-refractivity contribution in [3.63, 3.8) is 0 Å². The lowest BCUT2D eigenvalue weighted by Gasteiger charge is -2.29. The minimum Gasteiger partial charge on any atom is -0.497 e. The van der Waals surface area contributed by atoms with Crippen molar-refractivity contribution in [3.05, 3.63) is 48.0 Å². The number of sulfonamides is 1. The van der Waals surface area contributed by atoms with E-state index in [1.54, 1.807) is 17.0 Å². The zero-order chi connectivity index (χ0) is 25.2. The Balaban J connectivity index is 1.64. The molecule has 1 aromatic heterocycles. The quantitative estimate of drug-likeness (QED) is 0.431. The summed E-state index contributed by atoms with van der Waals surface area (Å²) in [6.45, 7) is 3.63. The van der Waals surface area contributed by atoms with Gasteiger partial charge >= 0.3 is 0 Å². The molecule has 1 amide bonds. The number of thiazole rings is 1. The first-order valence-corrected chi connectivity index (χ1v) is 14.0. The van der Waals surface area contributed by atoms with Crippen LogP contribution in [0.1, 0.15) is 24.8 Å². The molecule has 0 N–H and O–H groups in total. The normalized spacial score (nSPS) is 16.8. The number of fused-ring (bicyclic) bond motifs is 1. The number of carbonyl (C=O) groups excluding carboxylic acids is 1. The summed E-state index contributed by atoms with van der Waals surface area (Å²) in [5, 5.41) is 0.614. The zero-order valence-electron chi connectivity index (χ0n) is 20.6. The average molecular weight is 517 g/mol. The van der Waals surface area contributed by atoms with E-state index < -0.39 is 16.1 Å². The number of hydrogen-bond acceptors (Lipinski definition) is 7. The zero-order valence-corrected chi connectivity index (χ0v) is 22.2. The van der Waals surface area contributed by atoms with Gasteiger partial charge in [0, 0.05) is 13.1 Å². The van der Waals surface area contributed by atoms with Gasteiger partial charge in [-0.15, -0.1) is 0 Å².